The number of carbonyl (C=O) groups is 1. The Balaban J connectivity index is 0.00000544. The predicted molar refractivity (Wildman–Crippen MR) is 121 cm³/mol. The maximum Gasteiger partial charge on any atom is 1.00 e. The Morgan fingerprint density at radius 2 is 1.47 bits per heavy atom. The maximum atomic E-state index is 11.8. The number of unbranched alkanes of at least 4 members (excludes halogenated alkanes) is 7. The van der Waals surface area contributed by atoms with Crippen LogP contribution in [0, 0.1) is 0 Å². The first-order valence-electron chi connectivity index (χ1n) is 11.3. The second kappa shape index (κ2) is 18.2. The SMILES string of the molecule is CCCCCCCCCCc1cc[n+](CCOC(=O)Oc2ccc(S(=O)(=O)O)cc2)cc1.[Cl-].[Na+]. The van der Waals surface area contributed by atoms with Gasteiger partial charge in [0.15, 0.2) is 25.5 Å². The smallest absolute Gasteiger partial charge is 1.00 e. The summed E-state index contributed by atoms with van der Waals surface area (Å²) < 4.78 is 42.9. The van der Waals surface area contributed by atoms with E-state index < -0.39 is 16.3 Å². The molecule has 1 aromatic heterocycles. The van der Waals surface area contributed by atoms with Gasteiger partial charge in [-0.3, -0.25) is 4.55 Å². The molecule has 184 valence electrons. The summed E-state index contributed by atoms with van der Waals surface area (Å²) in [6.07, 6.45) is 14.6. The van der Waals surface area contributed by atoms with Crippen LogP contribution in [0.1, 0.15) is 63.9 Å². The molecule has 0 aliphatic heterocycles. The van der Waals surface area contributed by atoms with E-state index in [1.54, 1.807) is 0 Å². The molecule has 2 rings (SSSR count). The number of hydrogen-bond donors (Lipinski definition) is 1. The van der Waals surface area contributed by atoms with E-state index >= 15 is 0 Å². The number of halogens is 1. The number of ether oxygens (including phenoxy) is 2. The minimum absolute atomic E-state index is 0. The molecule has 1 N–H and O–H groups in total. The Hall–Kier alpha value is -1.16. The average Bonchev–Trinajstić information content (AvgIpc) is 2.76. The van der Waals surface area contributed by atoms with Crippen LogP contribution in [0.5, 0.6) is 5.75 Å². The minimum atomic E-state index is -4.28. The molecule has 0 unspecified atom stereocenters. The minimum Gasteiger partial charge on any atom is -1.00 e. The van der Waals surface area contributed by atoms with E-state index in [1.807, 2.05) is 17.0 Å². The molecule has 0 aliphatic carbocycles. The molecule has 0 spiro atoms. The van der Waals surface area contributed by atoms with Gasteiger partial charge in [0.05, 0.1) is 4.90 Å². The summed E-state index contributed by atoms with van der Waals surface area (Å²) >= 11 is 0. The molecule has 1 heterocycles. The zero-order chi connectivity index (χ0) is 23.2. The Labute approximate surface area is 231 Å². The van der Waals surface area contributed by atoms with Gasteiger partial charge >= 0.3 is 35.7 Å². The second-order valence-electron chi connectivity index (χ2n) is 7.82. The molecular weight excluding hydrogens is 489 g/mol. The Bertz CT molecular complexity index is 923. The van der Waals surface area contributed by atoms with Crippen molar-refractivity contribution in [3.8, 4) is 5.75 Å². The van der Waals surface area contributed by atoms with Crippen LogP contribution in [0.25, 0.3) is 0 Å². The van der Waals surface area contributed by atoms with Crippen molar-refractivity contribution >= 4 is 16.3 Å². The number of benzene rings is 1. The fourth-order valence-electron chi connectivity index (χ4n) is 3.31. The summed E-state index contributed by atoms with van der Waals surface area (Å²) in [5, 5.41) is 0. The largest absolute Gasteiger partial charge is 1.00 e. The van der Waals surface area contributed by atoms with Gasteiger partial charge in [0.2, 0.25) is 0 Å². The van der Waals surface area contributed by atoms with Gasteiger partial charge in [0.1, 0.15) is 5.75 Å². The number of aromatic nitrogens is 1. The third-order valence-electron chi connectivity index (χ3n) is 5.17. The summed E-state index contributed by atoms with van der Waals surface area (Å²) in [6.45, 7) is 2.88. The molecule has 34 heavy (non-hydrogen) atoms. The average molecular weight is 523 g/mol. The monoisotopic (exact) mass is 522 g/mol. The van der Waals surface area contributed by atoms with E-state index in [1.165, 1.54) is 69.1 Å². The van der Waals surface area contributed by atoms with Crippen LogP contribution in [0.15, 0.2) is 53.7 Å². The van der Waals surface area contributed by atoms with Gasteiger partial charge in [-0.25, -0.2) is 9.36 Å². The van der Waals surface area contributed by atoms with Gasteiger partial charge in [-0.15, -0.1) is 0 Å². The van der Waals surface area contributed by atoms with E-state index in [2.05, 4.69) is 19.1 Å². The predicted octanol–water partition coefficient (Wildman–Crippen LogP) is -0.872. The van der Waals surface area contributed by atoms with Crippen molar-refractivity contribution in [1.29, 1.82) is 0 Å². The Kier molecular flexibility index (Phi) is 17.5. The first-order chi connectivity index (χ1) is 15.4. The Morgan fingerprint density at radius 3 is 2.03 bits per heavy atom. The van der Waals surface area contributed by atoms with Crippen molar-refractivity contribution in [2.24, 2.45) is 0 Å². The molecule has 0 bridgehead atoms. The topological polar surface area (TPSA) is 93.8 Å². The van der Waals surface area contributed by atoms with E-state index in [-0.39, 0.29) is 59.2 Å². The van der Waals surface area contributed by atoms with Crippen LogP contribution in [0.3, 0.4) is 0 Å². The summed E-state index contributed by atoms with van der Waals surface area (Å²) in [5.74, 6) is 0.125. The molecule has 2 aromatic rings. The molecule has 7 nitrogen and oxygen atoms in total. The zero-order valence-corrected chi connectivity index (χ0v) is 23.7. The van der Waals surface area contributed by atoms with E-state index in [9.17, 15) is 13.2 Å². The number of aryl methyl sites for hydroxylation is 1. The number of hydrogen-bond acceptors (Lipinski definition) is 5. The van der Waals surface area contributed by atoms with Crippen molar-refractivity contribution in [3.63, 3.8) is 0 Å². The molecule has 0 atom stereocenters. The summed E-state index contributed by atoms with van der Waals surface area (Å²) in [5.41, 5.74) is 1.31. The van der Waals surface area contributed by atoms with Crippen molar-refractivity contribution in [2.45, 2.75) is 76.2 Å². The number of nitrogens with zero attached hydrogens (tertiary/aromatic N) is 1. The van der Waals surface area contributed by atoms with Gasteiger partial charge < -0.3 is 21.9 Å². The van der Waals surface area contributed by atoms with Crippen molar-refractivity contribution in [3.05, 3.63) is 54.4 Å². The summed E-state index contributed by atoms with van der Waals surface area (Å²) in [6, 6.07) is 9.01. The third kappa shape index (κ3) is 13.7. The normalized spacial score (nSPS) is 10.6. The number of pyridine rings is 1. The standard InChI is InChI=1S/C24H33NO6S.ClH.Na/c1-2-3-4-5-6-7-8-9-10-21-15-17-25(18-16-21)19-20-30-24(26)31-22-11-13-23(14-12-22)32(27,28)29;;/h11-18H,2-10,19-20H2,1H3;1H;/q;;+1. The van der Waals surface area contributed by atoms with E-state index in [0.717, 1.165) is 18.6 Å². The zero-order valence-electron chi connectivity index (χ0n) is 20.1. The molecule has 0 saturated heterocycles. The molecule has 0 amide bonds. The van der Waals surface area contributed by atoms with Gasteiger partial charge in [-0.2, -0.15) is 8.42 Å². The van der Waals surface area contributed by atoms with Crippen LogP contribution in [0.4, 0.5) is 4.79 Å². The fourth-order valence-corrected chi connectivity index (χ4v) is 3.79. The number of rotatable bonds is 14. The fraction of sp³-hybridized carbons (Fsp3) is 0.500. The quantitative estimate of drug-likeness (QED) is 0.0865. The first-order valence-corrected chi connectivity index (χ1v) is 12.7. The van der Waals surface area contributed by atoms with Gasteiger partial charge in [0.25, 0.3) is 10.1 Å². The van der Waals surface area contributed by atoms with Crippen LogP contribution in [-0.2, 0) is 27.8 Å². The molecule has 0 saturated carbocycles. The van der Waals surface area contributed by atoms with Gasteiger partial charge in [0, 0.05) is 12.1 Å². The van der Waals surface area contributed by atoms with E-state index in [0.29, 0.717) is 6.54 Å². The van der Waals surface area contributed by atoms with Crippen LogP contribution < -0.4 is 51.3 Å². The van der Waals surface area contributed by atoms with Gasteiger partial charge in [-0.1, -0.05) is 51.9 Å². The van der Waals surface area contributed by atoms with Crippen molar-refractivity contribution < 1.29 is 73.8 Å². The van der Waals surface area contributed by atoms with Crippen LogP contribution in [-0.4, -0.2) is 25.7 Å². The summed E-state index contributed by atoms with van der Waals surface area (Å²) in [4.78, 5) is 11.5. The molecule has 0 aliphatic rings. The van der Waals surface area contributed by atoms with Crippen molar-refractivity contribution in [2.75, 3.05) is 6.61 Å². The Morgan fingerprint density at radius 1 is 0.912 bits per heavy atom. The maximum absolute atomic E-state index is 11.8. The van der Waals surface area contributed by atoms with Crippen LogP contribution in [0.2, 0.25) is 0 Å². The molecular formula is C24H34ClNNaO6S+. The van der Waals surface area contributed by atoms with Gasteiger partial charge in [-0.05, 0) is 42.7 Å². The summed E-state index contributed by atoms with van der Waals surface area (Å²) in [7, 11) is -4.28. The molecule has 0 fully saturated rings. The molecule has 1 aromatic carbocycles. The molecule has 0 radical (unpaired) electrons. The first kappa shape index (κ1) is 32.8. The van der Waals surface area contributed by atoms with E-state index in [4.69, 9.17) is 14.0 Å². The van der Waals surface area contributed by atoms with Crippen LogP contribution >= 0.6 is 0 Å². The van der Waals surface area contributed by atoms with Crippen molar-refractivity contribution in [1.82, 2.24) is 0 Å². The molecule has 10 heteroatoms. The third-order valence-corrected chi connectivity index (χ3v) is 6.04. The second-order valence-corrected chi connectivity index (χ2v) is 9.24. The number of carbonyl (C=O) groups excluding carboxylic acids is 1.